The van der Waals surface area contributed by atoms with Gasteiger partial charge in [0, 0.05) is 39.4 Å². The van der Waals surface area contributed by atoms with Gasteiger partial charge in [0.05, 0.1) is 4.90 Å². The van der Waals surface area contributed by atoms with Crippen LogP contribution in [0.1, 0.15) is 58.4 Å². The van der Waals surface area contributed by atoms with Crippen molar-refractivity contribution in [3.8, 4) is 0 Å². The molecule has 0 saturated heterocycles. The molecule has 31 heavy (non-hydrogen) atoms. The molecule has 0 radical (unpaired) electrons. The van der Waals surface area contributed by atoms with Crippen LogP contribution in [0.5, 0.6) is 0 Å². The number of ether oxygens (including phenoxy) is 1. The largest absolute Gasteiger partial charge is 0.385 e. The lowest BCUT2D eigenvalue weighted by atomic mass is 9.83. The van der Waals surface area contributed by atoms with Crippen molar-refractivity contribution >= 4 is 40.0 Å². The third-order valence-corrected chi connectivity index (χ3v) is 7.36. The van der Waals surface area contributed by atoms with E-state index in [1.807, 2.05) is 32.9 Å². The zero-order valence-electron chi connectivity index (χ0n) is 19.5. The number of hydrogen-bond acceptors (Lipinski definition) is 4. The summed E-state index contributed by atoms with van der Waals surface area (Å²) in [6, 6.07) is 7.06. The van der Waals surface area contributed by atoms with E-state index in [4.69, 9.17) is 4.74 Å². The Morgan fingerprint density at radius 3 is 2.39 bits per heavy atom. The summed E-state index contributed by atoms with van der Waals surface area (Å²) in [6.07, 6.45) is 5.93. The fourth-order valence-electron chi connectivity index (χ4n) is 4.00. The van der Waals surface area contributed by atoms with Crippen molar-refractivity contribution in [2.24, 2.45) is 10.4 Å². The Kier molecular flexibility index (Phi) is 11.2. The summed E-state index contributed by atoms with van der Waals surface area (Å²) in [5.74, 6) is 0.676. The fourth-order valence-corrected chi connectivity index (χ4v) is 5.66. The zero-order chi connectivity index (χ0) is 22.3. The van der Waals surface area contributed by atoms with Crippen LogP contribution in [-0.2, 0) is 21.3 Å². The molecule has 3 N–H and O–H groups in total. The smallest absolute Gasteiger partial charge is 0.241 e. The Labute approximate surface area is 205 Å². The van der Waals surface area contributed by atoms with Gasteiger partial charge in [-0.3, -0.25) is 4.99 Å². The molecule has 0 bridgehead atoms. The quantitative estimate of drug-likeness (QED) is 0.241. The first-order valence-corrected chi connectivity index (χ1v) is 12.1. The van der Waals surface area contributed by atoms with Gasteiger partial charge >= 0.3 is 0 Å². The number of halogens is 1. The molecule has 0 aliphatic heterocycles. The monoisotopic (exact) mass is 566 g/mol. The Bertz CT molecular complexity index is 816. The zero-order valence-corrected chi connectivity index (χ0v) is 22.6. The normalized spacial score (nSPS) is 16.6. The lowest BCUT2D eigenvalue weighted by Gasteiger charge is -2.30. The predicted octanol–water partition coefficient (Wildman–Crippen LogP) is 3.64. The second-order valence-corrected chi connectivity index (χ2v) is 10.8. The minimum Gasteiger partial charge on any atom is -0.385 e. The molecule has 1 aliphatic carbocycles. The van der Waals surface area contributed by atoms with Crippen molar-refractivity contribution in [2.75, 3.05) is 27.3 Å². The molecule has 0 heterocycles. The van der Waals surface area contributed by atoms with Gasteiger partial charge in [-0.05, 0) is 57.1 Å². The third-order valence-electron chi connectivity index (χ3n) is 5.50. The van der Waals surface area contributed by atoms with Crippen LogP contribution in [0, 0.1) is 5.41 Å². The van der Waals surface area contributed by atoms with E-state index in [-0.39, 0.29) is 34.3 Å². The van der Waals surface area contributed by atoms with Crippen LogP contribution in [0.3, 0.4) is 0 Å². The summed E-state index contributed by atoms with van der Waals surface area (Å²) >= 11 is 0. The summed E-state index contributed by atoms with van der Waals surface area (Å²) in [4.78, 5) is 4.61. The van der Waals surface area contributed by atoms with Crippen LogP contribution in [0.2, 0.25) is 0 Å². The fraction of sp³-hybridized carbons (Fsp3) is 0.682. The number of rotatable bonds is 9. The van der Waals surface area contributed by atoms with Gasteiger partial charge in [-0.15, -0.1) is 24.0 Å². The van der Waals surface area contributed by atoms with E-state index in [9.17, 15) is 8.42 Å². The van der Waals surface area contributed by atoms with Gasteiger partial charge in [-0.25, -0.2) is 13.1 Å². The Morgan fingerprint density at radius 1 is 1.16 bits per heavy atom. The van der Waals surface area contributed by atoms with E-state index in [1.54, 1.807) is 26.3 Å². The highest BCUT2D eigenvalue weighted by molar-refractivity contribution is 14.0. The van der Waals surface area contributed by atoms with Crippen molar-refractivity contribution in [3.63, 3.8) is 0 Å². The summed E-state index contributed by atoms with van der Waals surface area (Å²) in [7, 11) is -0.135. The van der Waals surface area contributed by atoms with Gasteiger partial charge in [-0.1, -0.05) is 31.0 Å². The van der Waals surface area contributed by atoms with E-state index >= 15 is 0 Å². The predicted molar refractivity (Wildman–Crippen MR) is 138 cm³/mol. The molecule has 1 aliphatic rings. The molecule has 1 saturated carbocycles. The summed E-state index contributed by atoms with van der Waals surface area (Å²) in [5, 5.41) is 6.72. The second-order valence-electron chi connectivity index (χ2n) is 9.19. The molecule has 0 aromatic heterocycles. The SMILES string of the molecule is CN=C(NCc1ccccc1S(=O)(=O)NC(C)(C)C)NCC1(CCOC)CCCC1.I. The van der Waals surface area contributed by atoms with Crippen molar-refractivity contribution in [1.82, 2.24) is 15.4 Å². The number of methoxy groups -OCH3 is 1. The molecular weight excluding hydrogens is 527 g/mol. The molecule has 1 fully saturated rings. The number of aliphatic imine (C=N–C) groups is 1. The Morgan fingerprint density at radius 2 is 1.81 bits per heavy atom. The van der Waals surface area contributed by atoms with E-state index in [2.05, 4.69) is 20.3 Å². The molecule has 0 spiro atoms. The first-order valence-electron chi connectivity index (χ1n) is 10.7. The highest BCUT2D eigenvalue weighted by atomic mass is 127. The van der Waals surface area contributed by atoms with Crippen LogP contribution in [-0.4, -0.2) is 47.2 Å². The van der Waals surface area contributed by atoms with Crippen LogP contribution < -0.4 is 15.4 Å². The first kappa shape index (κ1) is 28.1. The van der Waals surface area contributed by atoms with E-state index in [0.29, 0.717) is 18.1 Å². The van der Waals surface area contributed by atoms with Gasteiger partial charge in [0.15, 0.2) is 5.96 Å². The molecule has 9 heteroatoms. The average molecular weight is 567 g/mol. The standard InChI is InChI=1S/C22H38N4O3S.HI/c1-21(2,3)26-30(27,28)19-11-7-6-10-18(19)16-24-20(23-4)25-17-22(14-15-29-5)12-8-9-13-22;/h6-7,10-11,26H,8-9,12-17H2,1-5H3,(H2,23,24,25);1H. The highest BCUT2D eigenvalue weighted by Crippen LogP contribution is 2.40. The maximum Gasteiger partial charge on any atom is 0.241 e. The van der Waals surface area contributed by atoms with Crippen molar-refractivity contribution < 1.29 is 13.2 Å². The number of hydrogen-bond donors (Lipinski definition) is 3. The van der Waals surface area contributed by atoms with E-state index in [1.165, 1.54) is 25.7 Å². The average Bonchev–Trinajstić information content (AvgIpc) is 3.14. The van der Waals surface area contributed by atoms with Crippen molar-refractivity contribution in [1.29, 1.82) is 0 Å². The number of sulfonamides is 1. The van der Waals surface area contributed by atoms with Gasteiger partial charge in [0.2, 0.25) is 10.0 Å². The molecule has 178 valence electrons. The van der Waals surface area contributed by atoms with Crippen molar-refractivity contribution in [3.05, 3.63) is 29.8 Å². The summed E-state index contributed by atoms with van der Waals surface area (Å²) < 4.78 is 33.7. The molecule has 0 amide bonds. The molecular formula is C22H39IN4O3S. The molecule has 0 unspecified atom stereocenters. The highest BCUT2D eigenvalue weighted by Gasteiger charge is 2.33. The lowest BCUT2D eigenvalue weighted by molar-refractivity contribution is 0.138. The van der Waals surface area contributed by atoms with Crippen LogP contribution >= 0.6 is 24.0 Å². The first-order chi connectivity index (χ1) is 14.1. The minimum atomic E-state index is -3.61. The molecule has 2 rings (SSSR count). The summed E-state index contributed by atoms with van der Waals surface area (Å²) in [5.41, 5.74) is 0.396. The molecule has 1 aromatic rings. The second kappa shape index (κ2) is 12.4. The van der Waals surface area contributed by atoms with E-state index in [0.717, 1.165) is 19.6 Å². The topological polar surface area (TPSA) is 91.8 Å². The molecule has 7 nitrogen and oxygen atoms in total. The number of nitrogens with zero attached hydrogens (tertiary/aromatic N) is 1. The van der Waals surface area contributed by atoms with Crippen LogP contribution in [0.25, 0.3) is 0 Å². The Hall–Kier alpha value is -0.910. The van der Waals surface area contributed by atoms with Crippen molar-refractivity contribution in [2.45, 2.75) is 69.9 Å². The van der Waals surface area contributed by atoms with Gasteiger partial charge in [-0.2, -0.15) is 0 Å². The van der Waals surface area contributed by atoms with Gasteiger partial charge in [0.1, 0.15) is 0 Å². The number of nitrogens with one attached hydrogen (secondary N) is 3. The number of benzene rings is 1. The third kappa shape index (κ3) is 8.86. The van der Waals surface area contributed by atoms with Gasteiger partial charge in [0.25, 0.3) is 0 Å². The Balaban J connectivity index is 0.00000480. The maximum atomic E-state index is 12.8. The maximum absolute atomic E-state index is 12.8. The van der Waals surface area contributed by atoms with E-state index < -0.39 is 15.6 Å². The van der Waals surface area contributed by atoms with Crippen LogP contribution in [0.4, 0.5) is 0 Å². The van der Waals surface area contributed by atoms with Crippen LogP contribution in [0.15, 0.2) is 34.2 Å². The minimum absolute atomic E-state index is 0. The molecule has 0 atom stereocenters. The number of guanidine groups is 1. The molecule has 1 aromatic carbocycles. The lowest BCUT2D eigenvalue weighted by Crippen LogP contribution is -2.43. The summed E-state index contributed by atoms with van der Waals surface area (Å²) in [6.45, 7) is 7.46. The van der Waals surface area contributed by atoms with Gasteiger partial charge < -0.3 is 15.4 Å².